The van der Waals surface area contributed by atoms with E-state index in [1.165, 1.54) is 0 Å². The van der Waals surface area contributed by atoms with Crippen LogP contribution in [0, 0.1) is 11.3 Å². The number of hydrogen-bond acceptors (Lipinski definition) is 9. The third kappa shape index (κ3) is 12.1. The summed E-state index contributed by atoms with van der Waals surface area (Å²) < 4.78 is 21.6. The van der Waals surface area contributed by atoms with Crippen LogP contribution in [0.1, 0.15) is 40.9 Å². The van der Waals surface area contributed by atoms with Gasteiger partial charge in [0.2, 0.25) is 0 Å². The highest BCUT2D eigenvalue weighted by atomic mass is 32.1. The van der Waals surface area contributed by atoms with Crippen molar-refractivity contribution in [1.82, 2.24) is 10.6 Å². The Balaban J connectivity index is 1.56. The smallest absolute Gasteiger partial charge is 0.408 e. The van der Waals surface area contributed by atoms with E-state index in [4.69, 9.17) is 24.2 Å². The first-order valence-corrected chi connectivity index (χ1v) is 12.8. The summed E-state index contributed by atoms with van der Waals surface area (Å²) in [6.45, 7) is 7.19. The Hall–Kier alpha value is -3.66. The van der Waals surface area contributed by atoms with E-state index in [1.54, 1.807) is 57.2 Å². The summed E-state index contributed by atoms with van der Waals surface area (Å²) in [5.74, 6) is -0.791. The average molecular weight is 548 g/mol. The van der Waals surface area contributed by atoms with Crippen LogP contribution in [0.25, 0.3) is 0 Å². The van der Waals surface area contributed by atoms with E-state index in [0.29, 0.717) is 60.6 Å². The number of carboxylic acid groups (broad SMARTS) is 1. The summed E-state index contributed by atoms with van der Waals surface area (Å²) in [5.41, 5.74) is -0.00910. The molecule has 0 aliphatic rings. The SMILES string of the molecule is CC(C)(C)OC(=O)N[C@@H](Cc1ccc(OCCOCCOCCNC(=O)c2ccc(C#N)s2)cc1)C(=O)O. The number of nitriles is 1. The second-order valence-electron chi connectivity index (χ2n) is 8.99. The van der Waals surface area contributed by atoms with Gasteiger partial charge in [0.15, 0.2) is 0 Å². The predicted octanol–water partition coefficient (Wildman–Crippen LogP) is 2.98. The van der Waals surface area contributed by atoms with Crippen molar-refractivity contribution in [2.24, 2.45) is 0 Å². The maximum absolute atomic E-state index is 11.9. The summed E-state index contributed by atoms with van der Waals surface area (Å²) in [6, 6.07) is 11.0. The van der Waals surface area contributed by atoms with Gasteiger partial charge in [0, 0.05) is 13.0 Å². The Labute approximate surface area is 225 Å². The van der Waals surface area contributed by atoms with Gasteiger partial charge in [-0.25, -0.2) is 9.59 Å². The minimum atomic E-state index is -1.16. The summed E-state index contributed by atoms with van der Waals surface area (Å²) in [4.78, 5) is 36.3. The van der Waals surface area contributed by atoms with Gasteiger partial charge in [-0.3, -0.25) is 4.79 Å². The molecule has 0 fully saturated rings. The molecule has 38 heavy (non-hydrogen) atoms. The van der Waals surface area contributed by atoms with Crippen molar-refractivity contribution in [2.45, 2.75) is 38.8 Å². The third-order valence-corrected chi connectivity index (χ3v) is 5.68. The molecule has 206 valence electrons. The number of nitrogens with one attached hydrogen (secondary N) is 2. The zero-order chi connectivity index (χ0) is 28.0. The van der Waals surface area contributed by atoms with Crippen LogP contribution in [0.5, 0.6) is 5.75 Å². The van der Waals surface area contributed by atoms with E-state index >= 15 is 0 Å². The van der Waals surface area contributed by atoms with E-state index in [2.05, 4.69) is 10.6 Å². The van der Waals surface area contributed by atoms with Gasteiger partial charge >= 0.3 is 12.1 Å². The molecule has 0 bridgehead atoms. The molecule has 12 heteroatoms. The predicted molar refractivity (Wildman–Crippen MR) is 139 cm³/mol. The number of aliphatic carboxylic acids is 1. The molecule has 0 spiro atoms. The lowest BCUT2D eigenvalue weighted by Crippen LogP contribution is -2.44. The molecule has 1 aromatic heterocycles. The monoisotopic (exact) mass is 547 g/mol. The Bertz CT molecular complexity index is 1090. The number of thiophene rings is 1. The molecular formula is C26H33N3O8S. The Kier molecular flexibility index (Phi) is 12.5. The van der Waals surface area contributed by atoms with Crippen LogP contribution in [0.15, 0.2) is 36.4 Å². The number of carboxylic acids is 1. The zero-order valence-electron chi connectivity index (χ0n) is 21.7. The van der Waals surface area contributed by atoms with Gasteiger partial charge in [0.1, 0.15) is 34.9 Å². The van der Waals surface area contributed by atoms with Crippen molar-refractivity contribution in [3.05, 3.63) is 51.7 Å². The lowest BCUT2D eigenvalue weighted by atomic mass is 10.1. The molecule has 1 aromatic carbocycles. The molecule has 2 rings (SSSR count). The molecule has 0 aliphatic carbocycles. The molecule has 2 amide bonds. The molecule has 0 saturated heterocycles. The van der Waals surface area contributed by atoms with Crippen LogP contribution in [0.3, 0.4) is 0 Å². The quantitative estimate of drug-likeness (QED) is 0.285. The fraction of sp³-hybridized carbons (Fsp3) is 0.462. The molecule has 11 nitrogen and oxygen atoms in total. The summed E-state index contributed by atoms with van der Waals surface area (Å²) in [6.07, 6.45) is -0.690. The van der Waals surface area contributed by atoms with E-state index in [9.17, 15) is 19.5 Å². The van der Waals surface area contributed by atoms with Gasteiger partial charge in [-0.05, 0) is 50.6 Å². The van der Waals surface area contributed by atoms with Crippen LogP contribution in [0.2, 0.25) is 0 Å². The molecule has 0 aliphatic heterocycles. The first-order chi connectivity index (χ1) is 18.1. The van der Waals surface area contributed by atoms with Crippen molar-refractivity contribution in [3.8, 4) is 11.8 Å². The van der Waals surface area contributed by atoms with Crippen LogP contribution in [-0.2, 0) is 25.4 Å². The zero-order valence-corrected chi connectivity index (χ0v) is 22.5. The Morgan fingerprint density at radius 2 is 1.66 bits per heavy atom. The number of carbonyl (C=O) groups is 3. The molecule has 0 unspecified atom stereocenters. The number of alkyl carbamates (subject to hydrolysis) is 1. The van der Waals surface area contributed by atoms with Gasteiger partial charge < -0.3 is 34.7 Å². The number of rotatable bonds is 15. The number of ether oxygens (including phenoxy) is 4. The highest BCUT2D eigenvalue weighted by Crippen LogP contribution is 2.15. The van der Waals surface area contributed by atoms with E-state index < -0.39 is 23.7 Å². The van der Waals surface area contributed by atoms with Crippen LogP contribution < -0.4 is 15.4 Å². The second-order valence-corrected chi connectivity index (χ2v) is 10.1. The minimum absolute atomic E-state index is 0.0950. The van der Waals surface area contributed by atoms with Gasteiger partial charge in [-0.2, -0.15) is 5.26 Å². The molecule has 3 N–H and O–H groups in total. The number of nitrogens with zero attached hydrogens (tertiary/aromatic N) is 1. The lowest BCUT2D eigenvalue weighted by molar-refractivity contribution is -0.139. The summed E-state index contributed by atoms with van der Waals surface area (Å²) in [7, 11) is 0. The average Bonchev–Trinajstić information content (AvgIpc) is 3.34. The maximum Gasteiger partial charge on any atom is 0.408 e. The van der Waals surface area contributed by atoms with Crippen molar-refractivity contribution < 1.29 is 38.4 Å². The largest absolute Gasteiger partial charge is 0.491 e. The second kappa shape index (κ2) is 15.6. The van der Waals surface area contributed by atoms with E-state index in [1.807, 2.05) is 6.07 Å². The summed E-state index contributed by atoms with van der Waals surface area (Å²) >= 11 is 1.14. The molecule has 2 aromatic rings. The molecule has 0 saturated carbocycles. The van der Waals surface area contributed by atoms with Gasteiger partial charge in [-0.1, -0.05) is 12.1 Å². The van der Waals surface area contributed by atoms with Crippen LogP contribution >= 0.6 is 11.3 Å². The molecular weight excluding hydrogens is 514 g/mol. The van der Waals surface area contributed by atoms with Gasteiger partial charge in [0.05, 0.1) is 31.3 Å². The van der Waals surface area contributed by atoms with E-state index in [0.717, 1.165) is 11.3 Å². The standard InChI is InChI=1S/C26H33N3O8S/c1-26(2,3)37-25(33)29-21(24(31)32)16-18-4-6-19(7-5-18)36-15-14-35-13-12-34-11-10-28-23(30)22-9-8-20(17-27)38-22/h4-9,21H,10-16H2,1-3H3,(H,28,30)(H,29,33)(H,31,32)/t21-/m0/s1. The molecule has 1 atom stereocenters. The van der Waals surface area contributed by atoms with E-state index in [-0.39, 0.29) is 12.3 Å². The number of amides is 2. The Morgan fingerprint density at radius 1 is 1.00 bits per heavy atom. The summed E-state index contributed by atoms with van der Waals surface area (Å²) in [5, 5.41) is 23.3. The first kappa shape index (κ1) is 30.6. The van der Waals surface area contributed by atoms with Crippen molar-refractivity contribution in [1.29, 1.82) is 5.26 Å². The van der Waals surface area contributed by atoms with Crippen LogP contribution in [-0.4, -0.2) is 74.3 Å². The normalized spacial score (nSPS) is 11.7. The van der Waals surface area contributed by atoms with Crippen molar-refractivity contribution in [3.63, 3.8) is 0 Å². The lowest BCUT2D eigenvalue weighted by Gasteiger charge is -2.22. The minimum Gasteiger partial charge on any atom is -0.491 e. The highest BCUT2D eigenvalue weighted by molar-refractivity contribution is 7.14. The first-order valence-electron chi connectivity index (χ1n) is 11.9. The van der Waals surface area contributed by atoms with Gasteiger partial charge in [-0.15, -0.1) is 11.3 Å². The highest BCUT2D eigenvalue weighted by Gasteiger charge is 2.24. The number of hydrogen-bond donors (Lipinski definition) is 3. The van der Waals surface area contributed by atoms with Crippen molar-refractivity contribution in [2.75, 3.05) is 39.6 Å². The van der Waals surface area contributed by atoms with Gasteiger partial charge in [0.25, 0.3) is 5.91 Å². The number of benzene rings is 1. The third-order valence-electron chi connectivity index (χ3n) is 4.69. The fourth-order valence-electron chi connectivity index (χ4n) is 2.99. The topological polar surface area (TPSA) is 156 Å². The van der Waals surface area contributed by atoms with Crippen molar-refractivity contribution >= 4 is 29.3 Å². The fourth-order valence-corrected chi connectivity index (χ4v) is 3.71. The van der Waals surface area contributed by atoms with Crippen LogP contribution in [0.4, 0.5) is 4.79 Å². The molecule has 0 radical (unpaired) electrons. The number of carbonyl (C=O) groups excluding carboxylic acids is 2. The Morgan fingerprint density at radius 3 is 2.26 bits per heavy atom. The maximum atomic E-state index is 11.9. The molecule has 1 heterocycles.